The minimum Gasteiger partial charge on any atom is -0.297 e. The van der Waals surface area contributed by atoms with Crippen molar-refractivity contribution in [2.75, 3.05) is 5.01 Å². The van der Waals surface area contributed by atoms with Crippen LogP contribution in [-0.4, -0.2) is 8.07 Å². The fourth-order valence-corrected chi connectivity index (χ4v) is 4.28. The maximum atomic E-state index is 3.65. The van der Waals surface area contributed by atoms with E-state index in [1.165, 1.54) is 16.7 Å². The van der Waals surface area contributed by atoms with Crippen molar-refractivity contribution < 1.29 is 0 Å². The molecule has 0 aromatic heterocycles. The van der Waals surface area contributed by atoms with Gasteiger partial charge < -0.3 is 0 Å². The molecule has 1 aliphatic heterocycles. The predicted molar refractivity (Wildman–Crippen MR) is 140 cm³/mol. The maximum absolute atomic E-state index is 3.65. The Morgan fingerprint density at radius 2 is 1.50 bits per heavy atom. The summed E-state index contributed by atoms with van der Waals surface area (Å²) in [6, 6.07) is 28.2. The number of hydrogen-bond donors (Lipinski definition) is 1. The molecule has 3 aromatic rings. The summed E-state index contributed by atoms with van der Waals surface area (Å²) in [5.74, 6) is 3.88. The van der Waals surface area contributed by atoms with Gasteiger partial charge in [-0.3, -0.25) is 10.4 Å². The molecule has 2 nitrogen and oxygen atoms in total. The molecule has 162 valence electrons. The van der Waals surface area contributed by atoms with Crippen LogP contribution in [-0.2, 0) is 0 Å². The van der Waals surface area contributed by atoms with E-state index in [0.717, 1.165) is 16.9 Å². The Labute approximate surface area is 194 Å². The van der Waals surface area contributed by atoms with E-state index in [9.17, 15) is 0 Å². The number of hydrazine groups is 1. The summed E-state index contributed by atoms with van der Waals surface area (Å²) in [4.78, 5) is 0. The van der Waals surface area contributed by atoms with Gasteiger partial charge in [0.05, 0.1) is 17.4 Å². The summed E-state index contributed by atoms with van der Waals surface area (Å²) in [5, 5.41) is 2.25. The molecule has 1 N–H and O–H groups in total. The zero-order valence-electron chi connectivity index (χ0n) is 19.7. The molecular formula is C29H32N2Si. The topological polar surface area (TPSA) is 15.3 Å². The number of para-hydroxylation sites is 1. The van der Waals surface area contributed by atoms with Crippen LogP contribution in [0, 0.1) is 11.5 Å². The number of anilines is 1. The summed E-state index contributed by atoms with van der Waals surface area (Å²) < 4.78 is 0. The SMILES string of the molecule is CC(C)c1ccc(C2C=C(c3ccc(C#C[Si](C)(C)C)cc3)NN2c2ccccc2)cc1. The smallest absolute Gasteiger partial charge is 0.129 e. The van der Waals surface area contributed by atoms with E-state index in [1.54, 1.807) is 0 Å². The van der Waals surface area contributed by atoms with Crippen LogP contribution in [0.1, 0.15) is 48.1 Å². The molecule has 3 aromatic carbocycles. The van der Waals surface area contributed by atoms with Crippen LogP contribution in [0.25, 0.3) is 5.70 Å². The lowest BCUT2D eigenvalue weighted by atomic mass is 9.98. The highest BCUT2D eigenvalue weighted by Gasteiger charge is 2.27. The number of hydrogen-bond acceptors (Lipinski definition) is 2. The molecule has 1 aliphatic rings. The van der Waals surface area contributed by atoms with Crippen molar-refractivity contribution >= 4 is 19.5 Å². The van der Waals surface area contributed by atoms with Crippen molar-refractivity contribution in [3.63, 3.8) is 0 Å². The van der Waals surface area contributed by atoms with Crippen LogP contribution in [0.3, 0.4) is 0 Å². The van der Waals surface area contributed by atoms with Gasteiger partial charge in [-0.05, 0) is 52.9 Å². The molecule has 1 atom stereocenters. The average molecular weight is 437 g/mol. The van der Waals surface area contributed by atoms with Crippen LogP contribution >= 0.6 is 0 Å². The highest BCUT2D eigenvalue weighted by Crippen LogP contribution is 2.35. The summed E-state index contributed by atoms with van der Waals surface area (Å²) in [6.07, 6.45) is 2.32. The van der Waals surface area contributed by atoms with Gasteiger partial charge in [0, 0.05) is 5.56 Å². The fourth-order valence-electron chi connectivity index (χ4n) is 3.76. The lowest BCUT2D eigenvalue weighted by Crippen LogP contribution is -2.33. The summed E-state index contributed by atoms with van der Waals surface area (Å²) in [5.41, 5.74) is 14.3. The third-order valence-corrected chi connectivity index (χ3v) is 6.48. The van der Waals surface area contributed by atoms with Gasteiger partial charge in [-0.25, -0.2) is 0 Å². The Morgan fingerprint density at radius 3 is 2.09 bits per heavy atom. The van der Waals surface area contributed by atoms with E-state index in [-0.39, 0.29) is 6.04 Å². The van der Waals surface area contributed by atoms with E-state index < -0.39 is 8.07 Å². The van der Waals surface area contributed by atoms with Gasteiger partial charge in [-0.1, -0.05) is 94.0 Å². The van der Waals surface area contributed by atoms with Gasteiger partial charge in [0.15, 0.2) is 0 Å². The Balaban J connectivity index is 1.65. The van der Waals surface area contributed by atoms with Crippen LogP contribution in [0.15, 0.2) is 84.9 Å². The molecule has 0 aliphatic carbocycles. The third-order valence-electron chi connectivity index (χ3n) is 5.60. The van der Waals surface area contributed by atoms with Crippen LogP contribution < -0.4 is 10.4 Å². The van der Waals surface area contributed by atoms with Crippen LogP contribution in [0.5, 0.6) is 0 Å². The molecule has 32 heavy (non-hydrogen) atoms. The van der Waals surface area contributed by atoms with E-state index in [2.05, 4.69) is 140 Å². The number of benzene rings is 3. The lowest BCUT2D eigenvalue weighted by Gasteiger charge is -2.28. The summed E-state index contributed by atoms with van der Waals surface area (Å²) in [7, 11) is -1.38. The Kier molecular flexibility index (Phi) is 6.25. The number of nitrogens with one attached hydrogen (secondary N) is 1. The van der Waals surface area contributed by atoms with Crippen molar-refractivity contribution in [1.82, 2.24) is 5.43 Å². The van der Waals surface area contributed by atoms with Crippen molar-refractivity contribution in [3.05, 3.63) is 107 Å². The Bertz CT molecular complexity index is 1140. The molecule has 4 rings (SSSR count). The molecule has 3 heteroatoms. The van der Waals surface area contributed by atoms with E-state index in [1.807, 2.05) is 0 Å². The first-order chi connectivity index (χ1) is 15.3. The quantitative estimate of drug-likeness (QED) is 0.345. The monoisotopic (exact) mass is 436 g/mol. The van der Waals surface area contributed by atoms with Gasteiger partial charge >= 0.3 is 0 Å². The van der Waals surface area contributed by atoms with Gasteiger partial charge in [-0.15, -0.1) is 5.54 Å². The second-order valence-electron chi connectivity index (χ2n) is 9.74. The standard InChI is InChI=1S/C29H32N2Si/c1-22(2)24-15-17-26(18-16-24)29-21-28(30-31(29)27-9-7-6-8-10-27)25-13-11-23(12-14-25)19-20-32(3,4)5/h6-18,21-22,29-30H,1-5H3. The van der Waals surface area contributed by atoms with Crippen LogP contribution in [0.4, 0.5) is 5.69 Å². The first kappa shape index (κ1) is 22.0. The van der Waals surface area contributed by atoms with Gasteiger partial charge in [-0.2, -0.15) is 0 Å². The van der Waals surface area contributed by atoms with Gasteiger partial charge in [0.25, 0.3) is 0 Å². The fraction of sp³-hybridized carbons (Fsp3) is 0.241. The highest BCUT2D eigenvalue weighted by atomic mass is 28.3. The molecule has 1 heterocycles. The first-order valence-electron chi connectivity index (χ1n) is 11.4. The van der Waals surface area contributed by atoms with Crippen molar-refractivity contribution in [2.45, 2.75) is 45.4 Å². The molecule has 0 saturated heterocycles. The largest absolute Gasteiger partial charge is 0.297 e. The van der Waals surface area contributed by atoms with E-state index in [4.69, 9.17) is 0 Å². The average Bonchev–Trinajstić information content (AvgIpc) is 3.24. The molecule has 0 spiro atoms. The van der Waals surface area contributed by atoms with Crippen molar-refractivity contribution in [3.8, 4) is 11.5 Å². The summed E-state index contributed by atoms with van der Waals surface area (Å²) >= 11 is 0. The van der Waals surface area contributed by atoms with Crippen molar-refractivity contribution in [1.29, 1.82) is 0 Å². The van der Waals surface area contributed by atoms with E-state index in [0.29, 0.717) is 5.92 Å². The van der Waals surface area contributed by atoms with Gasteiger partial charge in [0.2, 0.25) is 0 Å². The van der Waals surface area contributed by atoms with Crippen LogP contribution in [0.2, 0.25) is 19.6 Å². The molecule has 0 saturated carbocycles. The lowest BCUT2D eigenvalue weighted by molar-refractivity contribution is 0.723. The second-order valence-corrected chi connectivity index (χ2v) is 14.5. The first-order valence-corrected chi connectivity index (χ1v) is 14.9. The normalized spacial score (nSPS) is 15.8. The zero-order valence-corrected chi connectivity index (χ0v) is 20.7. The number of nitrogens with zero attached hydrogens (tertiary/aromatic N) is 1. The van der Waals surface area contributed by atoms with Crippen molar-refractivity contribution in [2.24, 2.45) is 0 Å². The molecule has 0 fully saturated rings. The minimum atomic E-state index is -1.38. The molecular weight excluding hydrogens is 404 g/mol. The zero-order chi connectivity index (χ0) is 22.7. The molecule has 0 bridgehead atoms. The van der Waals surface area contributed by atoms with E-state index >= 15 is 0 Å². The highest BCUT2D eigenvalue weighted by molar-refractivity contribution is 6.83. The summed E-state index contributed by atoms with van der Waals surface area (Å²) in [6.45, 7) is 11.3. The Hall–Kier alpha value is -3.22. The molecule has 1 unspecified atom stereocenters. The maximum Gasteiger partial charge on any atom is 0.129 e. The molecule has 0 radical (unpaired) electrons. The second kappa shape index (κ2) is 9.10. The minimum absolute atomic E-state index is 0.125. The third kappa shape index (κ3) is 5.15. The molecule has 0 amide bonds. The number of rotatable bonds is 4. The van der Waals surface area contributed by atoms with Gasteiger partial charge in [0.1, 0.15) is 8.07 Å². The Morgan fingerprint density at radius 1 is 0.844 bits per heavy atom. The predicted octanol–water partition coefficient (Wildman–Crippen LogP) is 7.15.